The fourth-order valence-corrected chi connectivity index (χ4v) is 2.12. The third kappa shape index (κ3) is 2.15. The summed E-state index contributed by atoms with van der Waals surface area (Å²) in [6.07, 6.45) is 1.28. The van der Waals surface area contributed by atoms with Gasteiger partial charge in [0.1, 0.15) is 11.0 Å². The van der Waals surface area contributed by atoms with Gasteiger partial charge in [-0.15, -0.1) is 0 Å². The molecule has 1 aromatic carbocycles. The van der Waals surface area contributed by atoms with Crippen LogP contribution in [0, 0.1) is 0 Å². The predicted octanol–water partition coefficient (Wildman–Crippen LogP) is 3.08. The molecule has 0 fully saturated rings. The molecule has 4 nitrogen and oxygen atoms in total. The number of hydrogen-bond acceptors (Lipinski definition) is 4. The third-order valence-electron chi connectivity index (χ3n) is 2.12. The minimum atomic E-state index is -0.0510. The van der Waals surface area contributed by atoms with E-state index < -0.39 is 0 Å². The Hall–Kier alpha value is -1.20. The lowest BCUT2D eigenvalue weighted by Gasteiger charge is -2.06. The van der Waals surface area contributed by atoms with Crippen LogP contribution in [0.5, 0.6) is 0 Å². The smallest absolute Gasteiger partial charge is 0.224 e. The van der Waals surface area contributed by atoms with E-state index in [4.69, 9.17) is 11.6 Å². The molecular weight excluding hydrogens is 246 g/mol. The van der Waals surface area contributed by atoms with Gasteiger partial charge in [0.2, 0.25) is 5.91 Å². The standard InChI is InChI=1S/C10H10ClN3OS/c1-2-3-8(15)12-9-6(11)4-5-7-10(9)14-16-13-7/h4-5H,2-3H2,1H3,(H,12,15). The van der Waals surface area contributed by atoms with Crippen molar-refractivity contribution in [1.29, 1.82) is 0 Å². The summed E-state index contributed by atoms with van der Waals surface area (Å²) in [5.74, 6) is -0.0510. The molecule has 6 heteroatoms. The summed E-state index contributed by atoms with van der Waals surface area (Å²) in [6, 6.07) is 3.50. The third-order valence-corrected chi connectivity index (χ3v) is 2.98. The SMILES string of the molecule is CCCC(=O)Nc1c(Cl)ccc2nsnc12. The van der Waals surface area contributed by atoms with Crippen LogP contribution in [0.1, 0.15) is 19.8 Å². The number of nitrogens with zero attached hydrogens (tertiary/aromatic N) is 2. The first-order valence-corrected chi connectivity index (χ1v) is 6.04. The van der Waals surface area contributed by atoms with Gasteiger partial charge in [-0.05, 0) is 18.6 Å². The van der Waals surface area contributed by atoms with E-state index in [0.717, 1.165) is 23.7 Å². The predicted molar refractivity (Wildman–Crippen MR) is 66.0 cm³/mol. The number of benzene rings is 1. The second-order valence-corrected chi connectivity index (χ2v) is 4.29. The lowest BCUT2D eigenvalue weighted by atomic mass is 10.2. The van der Waals surface area contributed by atoms with Crippen LogP contribution in [0.2, 0.25) is 5.02 Å². The van der Waals surface area contributed by atoms with Gasteiger partial charge in [0.05, 0.1) is 22.4 Å². The minimum Gasteiger partial charge on any atom is -0.323 e. The summed E-state index contributed by atoms with van der Waals surface area (Å²) in [4.78, 5) is 11.5. The zero-order valence-electron chi connectivity index (χ0n) is 8.66. The van der Waals surface area contributed by atoms with Crippen molar-refractivity contribution in [3.63, 3.8) is 0 Å². The van der Waals surface area contributed by atoms with Gasteiger partial charge in [0, 0.05) is 6.42 Å². The maximum absolute atomic E-state index is 11.5. The van der Waals surface area contributed by atoms with E-state index in [-0.39, 0.29) is 5.91 Å². The Balaban J connectivity index is 2.38. The molecule has 0 radical (unpaired) electrons. The summed E-state index contributed by atoms with van der Waals surface area (Å²) in [5, 5.41) is 3.26. The van der Waals surface area contributed by atoms with E-state index in [1.54, 1.807) is 12.1 Å². The number of aromatic nitrogens is 2. The monoisotopic (exact) mass is 255 g/mol. The van der Waals surface area contributed by atoms with Crippen molar-refractivity contribution >= 4 is 46.0 Å². The molecule has 0 spiro atoms. The molecule has 16 heavy (non-hydrogen) atoms. The van der Waals surface area contributed by atoms with E-state index in [2.05, 4.69) is 14.1 Å². The van der Waals surface area contributed by atoms with Crippen molar-refractivity contribution in [3.05, 3.63) is 17.2 Å². The van der Waals surface area contributed by atoms with E-state index >= 15 is 0 Å². The molecule has 2 aromatic rings. The molecule has 1 aromatic heterocycles. The highest BCUT2D eigenvalue weighted by atomic mass is 35.5. The number of carbonyl (C=O) groups excluding carboxylic acids is 1. The van der Waals surface area contributed by atoms with Crippen LogP contribution in [0.4, 0.5) is 5.69 Å². The fraction of sp³-hybridized carbons (Fsp3) is 0.300. The van der Waals surface area contributed by atoms with Gasteiger partial charge in [-0.3, -0.25) is 4.79 Å². The van der Waals surface area contributed by atoms with Crippen molar-refractivity contribution in [3.8, 4) is 0 Å². The van der Waals surface area contributed by atoms with Gasteiger partial charge in [-0.25, -0.2) is 0 Å². The number of hydrogen-bond donors (Lipinski definition) is 1. The van der Waals surface area contributed by atoms with Gasteiger partial charge in [-0.2, -0.15) is 8.75 Å². The number of nitrogens with one attached hydrogen (secondary N) is 1. The molecule has 0 aliphatic carbocycles. The Morgan fingerprint density at radius 1 is 1.50 bits per heavy atom. The lowest BCUT2D eigenvalue weighted by molar-refractivity contribution is -0.116. The molecule has 0 aliphatic rings. The van der Waals surface area contributed by atoms with E-state index in [1.165, 1.54) is 0 Å². The highest BCUT2D eigenvalue weighted by molar-refractivity contribution is 7.00. The molecule has 0 bridgehead atoms. The number of rotatable bonds is 3. The van der Waals surface area contributed by atoms with Crippen LogP contribution < -0.4 is 5.32 Å². The average molecular weight is 256 g/mol. The molecule has 1 N–H and O–H groups in total. The second kappa shape index (κ2) is 4.76. The van der Waals surface area contributed by atoms with Crippen LogP contribution in [-0.2, 0) is 4.79 Å². The highest BCUT2D eigenvalue weighted by Gasteiger charge is 2.12. The highest BCUT2D eigenvalue weighted by Crippen LogP contribution is 2.29. The molecular formula is C10H10ClN3OS. The van der Waals surface area contributed by atoms with Gasteiger partial charge in [0.15, 0.2) is 0 Å². The van der Waals surface area contributed by atoms with Gasteiger partial charge in [-0.1, -0.05) is 18.5 Å². The summed E-state index contributed by atoms with van der Waals surface area (Å²) >= 11 is 7.13. The Bertz CT molecular complexity index is 526. The van der Waals surface area contributed by atoms with Crippen molar-refractivity contribution in [1.82, 2.24) is 8.75 Å². The Morgan fingerprint density at radius 2 is 2.31 bits per heavy atom. The Kier molecular flexibility index (Phi) is 3.36. The van der Waals surface area contributed by atoms with E-state index in [1.807, 2.05) is 6.92 Å². The molecule has 0 saturated heterocycles. The lowest BCUT2D eigenvalue weighted by Crippen LogP contribution is -2.11. The maximum atomic E-state index is 11.5. The Morgan fingerprint density at radius 3 is 3.06 bits per heavy atom. The molecule has 84 valence electrons. The molecule has 0 saturated carbocycles. The number of amides is 1. The number of anilines is 1. The topological polar surface area (TPSA) is 54.9 Å². The molecule has 1 heterocycles. The van der Waals surface area contributed by atoms with Gasteiger partial charge >= 0.3 is 0 Å². The second-order valence-electron chi connectivity index (χ2n) is 3.35. The van der Waals surface area contributed by atoms with Gasteiger partial charge < -0.3 is 5.32 Å². The van der Waals surface area contributed by atoms with E-state index in [0.29, 0.717) is 22.6 Å². The van der Waals surface area contributed by atoms with Crippen molar-refractivity contribution in [2.24, 2.45) is 0 Å². The first-order chi connectivity index (χ1) is 7.72. The zero-order chi connectivity index (χ0) is 11.5. The molecule has 0 atom stereocenters. The molecule has 2 rings (SSSR count). The average Bonchev–Trinajstić information content (AvgIpc) is 2.71. The summed E-state index contributed by atoms with van der Waals surface area (Å²) in [7, 11) is 0. The summed E-state index contributed by atoms with van der Waals surface area (Å²) in [5.41, 5.74) is 1.97. The molecule has 0 unspecified atom stereocenters. The minimum absolute atomic E-state index is 0.0510. The fourth-order valence-electron chi connectivity index (χ4n) is 1.37. The van der Waals surface area contributed by atoms with Crippen LogP contribution in [0.3, 0.4) is 0 Å². The van der Waals surface area contributed by atoms with E-state index in [9.17, 15) is 4.79 Å². The number of halogens is 1. The van der Waals surface area contributed by atoms with Gasteiger partial charge in [0.25, 0.3) is 0 Å². The first kappa shape index (κ1) is 11.3. The van der Waals surface area contributed by atoms with Crippen LogP contribution in [0.15, 0.2) is 12.1 Å². The summed E-state index contributed by atoms with van der Waals surface area (Å²) in [6.45, 7) is 1.95. The van der Waals surface area contributed by atoms with Crippen molar-refractivity contribution < 1.29 is 4.79 Å². The molecule has 1 amide bonds. The number of carbonyl (C=O) groups is 1. The van der Waals surface area contributed by atoms with Crippen LogP contribution in [0.25, 0.3) is 11.0 Å². The van der Waals surface area contributed by atoms with Crippen LogP contribution in [-0.4, -0.2) is 14.7 Å². The van der Waals surface area contributed by atoms with Crippen molar-refractivity contribution in [2.45, 2.75) is 19.8 Å². The number of fused-ring (bicyclic) bond motifs is 1. The maximum Gasteiger partial charge on any atom is 0.224 e. The zero-order valence-corrected chi connectivity index (χ0v) is 10.2. The first-order valence-electron chi connectivity index (χ1n) is 4.93. The van der Waals surface area contributed by atoms with Crippen LogP contribution >= 0.6 is 23.3 Å². The summed E-state index contributed by atoms with van der Waals surface area (Å²) < 4.78 is 8.22. The Labute approximate surface area is 102 Å². The molecule has 0 aliphatic heterocycles. The normalized spacial score (nSPS) is 10.6. The quantitative estimate of drug-likeness (QED) is 0.917. The largest absolute Gasteiger partial charge is 0.323 e. The van der Waals surface area contributed by atoms with Crippen molar-refractivity contribution in [2.75, 3.05) is 5.32 Å².